The van der Waals surface area contributed by atoms with Gasteiger partial charge < -0.3 is 29.7 Å². The molecule has 1 saturated carbocycles. The van der Waals surface area contributed by atoms with Crippen LogP contribution >= 0.6 is 23.2 Å². The maximum atomic E-state index is 14.1. The predicted octanol–water partition coefficient (Wildman–Crippen LogP) is 3.54. The number of ether oxygens (including phenoxy) is 3. The molecule has 0 radical (unpaired) electrons. The van der Waals surface area contributed by atoms with Crippen LogP contribution < -0.4 is 10.6 Å². The smallest absolute Gasteiger partial charge is 0.246 e. The van der Waals surface area contributed by atoms with Crippen LogP contribution in [0, 0.1) is 11.8 Å². The monoisotopic (exact) mass is 565 g/mol. The molecule has 2 N–H and O–H groups in total. The number of nitrogens with one attached hydrogen (secondary N) is 2. The second-order valence-corrected chi connectivity index (χ2v) is 11.5. The van der Waals surface area contributed by atoms with Gasteiger partial charge in [-0.3, -0.25) is 14.4 Å². The van der Waals surface area contributed by atoms with E-state index in [1.807, 2.05) is 0 Å². The Hall–Kier alpha value is -2.17. The van der Waals surface area contributed by atoms with Gasteiger partial charge in [0.2, 0.25) is 17.7 Å². The van der Waals surface area contributed by atoms with Gasteiger partial charge in [-0.1, -0.05) is 54.6 Å². The predicted molar refractivity (Wildman–Crippen MR) is 142 cm³/mol. The molecule has 4 aliphatic rings. The van der Waals surface area contributed by atoms with Gasteiger partial charge >= 0.3 is 0 Å². The summed E-state index contributed by atoms with van der Waals surface area (Å²) in [5, 5.41) is 6.68. The molecular weight excluding hydrogens is 533 g/mol. The first-order valence-corrected chi connectivity index (χ1v) is 13.7. The van der Waals surface area contributed by atoms with E-state index in [4.69, 9.17) is 37.4 Å². The van der Waals surface area contributed by atoms with Crippen molar-refractivity contribution in [3.8, 4) is 0 Å². The highest BCUT2D eigenvalue weighted by Gasteiger charge is 2.76. The van der Waals surface area contributed by atoms with Gasteiger partial charge in [-0.15, -0.1) is 0 Å². The molecule has 3 heterocycles. The van der Waals surface area contributed by atoms with Crippen molar-refractivity contribution in [1.29, 1.82) is 0 Å². The number of carbonyl (C=O) groups excluding carboxylic acids is 3. The zero-order valence-electron chi connectivity index (χ0n) is 21.7. The fourth-order valence-electron chi connectivity index (χ4n) is 6.55. The molecule has 3 aliphatic heterocycles. The molecule has 5 rings (SSSR count). The number of hydrogen-bond donors (Lipinski definition) is 2. The molecule has 1 spiro atoms. The van der Waals surface area contributed by atoms with Crippen molar-refractivity contribution in [1.82, 2.24) is 10.2 Å². The quantitative estimate of drug-likeness (QED) is 0.369. The number of likely N-dealkylation sites (tertiary alicyclic amines) is 1. The van der Waals surface area contributed by atoms with E-state index < -0.39 is 41.3 Å². The minimum Gasteiger partial charge on any atom is -0.356 e. The first-order chi connectivity index (χ1) is 18.1. The van der Waals surface area contributed by atoms with Crippen LogP contribution in [0.4, 0.5) is 5.69 Å². The minimum absolute atomic E-state index is 0.0158. The largest absolute Gasteiger partial charge is 0.356 e. The maximum Gasteiger partial charge on any atom is 0.246 e. The fraction of sp³-hybridized carbons (Fsp3) is 0.593. The molecule has 3 amide bonds. The standard InChI is InChI=1S/C27H33Cl2N3O6/c1-26-11-12-27(38-26)21(20(26)23(33)31-16-9-10-17(28)18(29)13-16)25(35)32(14-19(36-2)37-3)22(27)24(34)30-15-7-5-4-6-8-15/h9-13,15,19-22H,4-8,14H2,1-3H3,(H,30,34)(H,31,33)/t20-,21-,22+,26-,27-/m0/s1. The van der Waals surface area contributed by atoms with Gasteiger partial charge in [0.15, 0.2) is 6.29 Å². The molecule has 2 bridgehead atoms. The summed E-state index contributed by atoms with van der Waals surface area (Å²) < 4.78 is 17.3. The Balaban J connectivity index is 1.48. The van der Waals surface area contributed by atoms with Gasteiger partial charge in [-0.05, 0) is 38.0 Å². The van der Waals surface area contributed by atoms with Crippen LogP contribution in [0.2, 0.25) is 10.0 Å². The van der Waals surface area contributed by atoms with Crippen molar-refractivity contribution in [3.05, 3.63) is 40.4 Å². The van der Waals surface area contributed by atoms with Crippen LogP contribution in [0.25, 0.3) is 0 Å². The van der Waals surface area contributed by atoms with Crippen molar-refractivity contribution in [2.24, 2.45) is 11.8 Å². The Bertz CT molecular complexity index is 1150. The zero-order chi connectivity index (χ0) is 27.2. The van der Waals surface area contributed by atoms with Gasteiger partial charge in [0.1, 0.15) is 11.6 Å². The molecule has 0 unspecified atom stereocenters. The van der Waals surface area contributed by atoms with Gasteiger partial charge in [0, 0.05) is 25.9 Å². The minimum atomic E-state index is -1.30. The lowest BCUT2D eigenvalue weighted by Crippen LogP contribution is -2.57. The molecule has 5 atom stereocenters. The second-order valence-electron chi connectivity index (χ2n) is 10.7. The van der Waals surface area contributed by atoms with Crippen LogP contribution in [0.5, 0.6) is 0 Å². The van der Waals surface area contributed by atoms with Gasteiger partial charge in [-0.2, -0.15) is 0 Å². The summed E-state index contributed by atoms with van der Waals surface area (Å²) in [6, 6.07) is 3.84. The highest BCUT2D eigenvalue weighted by atomic mass is 35.5. The number of methoxy groups -OCH3 is 2. The number of anilines is 1. The highest BCUT2D eigenvalue weighted by molar-refractivity contribution is 6.42. The summed E-state index contributed by atoms with van der Waals surface area (Å²) in [6.45, 7) is 1.79. The molecule has 2 saturated heterocycles. The maximum absolute atomic E-state index is 14.1. The van der Waals surface area contributed by atoms with Crippen LogP contribution in [0.15, 0.2) is 30.4 Å². The number of hydrogen-bond acceptors (Lipinski definition) is 6. The lowest BCUT2D eigenvalue weighted by atomic mass is 9.70. The summed E-state index contributed by atoms with van der Waals surface area (Å²) in [6.07, 6.45) is 7.87. The molecule has 3 fully saturated rings. The molecule has 0 aromatic heterocycles. The summed E-state index contributed by atoms with van der Waals surface area (Å²) in [4.78, 5) is 43.1. The molecule has 11 heteroatoms. The number of fused-ring (bicyclic) bond motifs is 1. The average Bonchev–Trinajstić information content (AvgIpc) is 3.46. The second kappa shape index (κ2) is 10.4. The topological polar surface area (TPSA) is 106 Å². The number of nitrogens with zero attached hydrogens (tertiary/aromatic N) is 1. The lowest BCUT2D eigenvalue weighted by Gasteiger charge is -2.35. The van der Waals surface area contributed by atoms with E-state index in [1.54, 1.807) is 37.3 Å². The number of carbonyl (C=O) groups is 3. The van der Waals surface area contributed by atoms with E-state index in [1.165, 1.54) is 19.1 Å². The van der Waals surface area contributed by atoms with Crippen LogP contribution in [0.1, 0.15) is 39.0 Å². The van der Waals surface area contributed by atoms with E-state index in [-0.39, 0.29) is 24.4 Å². The normalized spacial score (nSPS) is 32.2. The van der Waals surface area contributed by atoms with Gasteiger partial charge in [0.05, 0.1) is 34.0 Å². The summed E-state index contributed by atoms with van der Waals surface area (Å²) in [5.74, 6) is -2.84. The van der Waals surface area contributed by atoms with E-state index in [0.717, 1.165) is 32.1 Å². The third-order valence-corrected chi connectivity index (χ3v) is 9.08. The van der Waals surface area contributed by atoms with Crippen molar-refractivity contribution in [2.75, 3.05) is 26.1 Å². The lowest BCUT2D eigenvalue weighted by molar-refractivity contribution is -0.156. The SMILES string of the molecule is COC(CN1C(=O)[C@@H]2[C@@H](C(=O)Nc3ccc(Cl)c(Cl)c3)[C@]3(C)C=C[C@@]2(O3)[C@H]1C(=O)NC1CCCCC1)OC. The van der Waals surface area contributed by atoms with E-state index in [9.17, 15) is 14.4 Å². The molecule has 1 aliphatic carbocycles. The van der Waals surface area contributed by atoms with Crippen LogP contribution in [-0.4, -0.2) is 73.0 Å². The Labute approximate surface area is 232 Å². The van der Waals surface area contributed by atoms with Crippen molar-refractivity contribution >= 4 is 46.6 Å². The van der Waals surface area contributed by atoms with Crippen molar-refractivity contribution in [2.45, 2.75) is 68.6 Å². The third-order valence-electron chi connectivity index (χ3n) is 8.34. The third kappa shape index (κ3) is 4.52. The first kappa shape index (κ1) is 27.4. The molecule has 38 heavy (non-hydrogen) atoms. The molecule has 206 valence electrons. The van der Waals surface area contributed by atoms with Gasteiger partial charge in [-0.25, -0.2) is 0 Å². The molecule has 9 nitrogen and oxygen atoms in total. The van der Waals surface area contributed by atoms with Crippen LogP contribution in [-0.2, 0) is 28.6 Å². The summed E-state index contributed by atoms with van der Waals surface area (Å²) in [5.41, 5.74) is -1.92. The summed E-state index contributed by atoms with van der Waals surface area (Å²) >= 11 is 12.2. The number of amides is 3. The van der Waals surface area contributed by atoms with Crippen LogP contribution in [0.3, 0.4) is 0 Å². The summed E-state index contributed by atoms with van der Waals surface area (Å²) in [7, 11) is 2.95. The molecule has 1 aromatic rings. The van der Waals surface area contributed by atoms with Crippen molar-refractivity contribution in [3.63, 3.8) is 0 Å². The number of halogens is 2. The number of rotatable bonds is 8. The average molecular weight is 566 g/mol. The Morgan fingerprint density at radius 2 is 1.82 bits per heavy atom. The first-order valence-electron chi connectivity index (χ1n) is 13.0. The Kier molecular flexibility index (Phi) is 7.52. The van der Waals surface area contributed by atoms with E-state index in [0.29, 0.717) is 15.7 Å². The molecule has 1 aromatic carbocycles. The van der Waals surface area contributed by atoms with E-state index >= 15 is 0 Å². The fourth-order valence-corrected chi connectivity index (χ4v) is 6.85. The Morgan fingerprint density at radius 3 is 2.47 bits per heavy atom. The van der Waals surface area contributed by atoms with Gasteiger partial charge in [0.25, 0.3) is 0 Å². The highest BCUT2D eigenvalue weighted by Crippen LogP contribution is 2.59. The molecular formula is C27H33Cl2N3O6. The number of benzene rings is 1. The zero-order valence-corrected chi connectivity index (χ0v) is 23.2. The van der Waals surface area contributed by atoms with Crippen molar-refractivity contribution < 1.29 is 28.6 Å². The van der Waals surface area contributed by atoms with E-state index in [2.05, 4.69) is 10.6 Å². The Morgan fingerprint density at radius 1 is 1.11 bits per heavy atom.